The molecule has 1 aromatic rings. The Kier molecular flexibility index (Phi) is 3.41. The third-order valence-corrected chi connectivity index (χ3v) is 3.26. The summed E-state index contributed by atoms with van der Waals surface area (Å²) >= 11 is 0. The van der Waals surface area contributed by atoms with Crippen LogP contribution >= 0.6 is 0 Å². The van der Waals surface area contributed by atoms with Crippen molar-refractivity contribution in [3.8, 4) is 5.75 Å². The monoisotopic (exact) mass is 281 g/mol. The number of carboxylic acids is 1. The predicted molar refractivity (Wildman–Crippen MR) is 70.3 cm³/mol. The summed E-state index contributed by atoms with van der Waals surface area (Å²) in [6.07, 6.45) is 0.215. The first-order valence-corrected chi connectivity index (χ1v) is 6.33. The van der Waals surface area contributed by atoms with Crippen LogP contribution in [0.15, 0.2) is 18.2 Å². The van der Waals surface area contributed by atoms with Crippen LogP contribution in [-0.2, 0) is 9.59 Å². The van der Waals surface area contributed by atoms with Crippen LogP contribution in [0.4, 0.5) is 10.1 Å². The molecule has 0 fully saturated rings. The number of carbonyl (C=O) groups is 2. The van der Waals surface area contributed by atoms with Gasteiger partial charge >= 0.3 is 5.97 Å². The van der Waals surface area contributed by atoms with Gasteiger partial charge in [-0.15, -0.1) is 0 Å². The number of aliphatic carboxylic acids is 1. The van der Waals surface area contributed by atoms with E-state index >= 15 is 0 Å². The quantitative estimate of drug-likeness (QED) is 0.922. The molecule has 1 aromatic carbocycles. The standard InChI is InChI=1S/C14H16FNO4/c1-4-9(12(17)18)16-10-7-8(15)5-6-11(10)20-14(2,3)13(16)19/h5-7,9H,4H2,1-3H3,(H,17,18). The second kappa shape index (κ2) is 4.77. The molecule has 0 radical (unpaired) electrons. The first-order chi connectivity index (χ1) is 9.27. The molecular formula is C14H16FNO4. The number of halogens is 1. The van der Waals surface area contributed by atoms with Gasteiger partial charge < -0.3 is 9.84 Å². The lowest BCUT2D eigenvalue weighted by molar-refractivity contribution is -0.143. The Bertz CT molecular complexity index is 570. The Labute approximate surface area is 116 Å². The number of hydrogen-bond acceptors (Lipinski definition) is 3. The van der Waals surface area contributed by atoms with E-state index in [-0.39, 0.29) is 12.1 Å². The summed E-state index contributed by atoms with van der Waals surface area (Å²) in [6.45, 7) is 4.78. The van der Waals surface area contributed by atoms with Crippen molar-refractivity contribution in [2.45, 2.75) is 38.8 Å². The maximum atomic E-state index is 13.4. The van der Waals surface area contributed by atoms with E-state index in [1.165, 1.54) is 12.1 Å². The van der Waals surface area contributed by atoms with E-state index in [1.807, 2.05) is 0 Å². The average molecular weight is 281 g/mol. The summed E-state index contributed by atoms with van der Waals surface area (Å²) in [7, 11) is 0. The van der Waals surface area contributed by atoms with Gasteiger partial charge in [-0.3, -0.25) is 9.69 Å². The Morgan fingerprint density at radius 3 is 2.70 bits per heavy atom. The van der Waals surface area contributed by atoms with Crippen LogP contribution in [0.1, 0.15) is 27.2 Å². The second-order valence-corrected chi connectivity index (χ2v) is 5.16. The molecule has 1 heterocycles. The zero-order valence-corrected chi connectivity index (χ0v) is 11.5. The van der Waals surface area contributed by atoms with Gasteiger partial charge in [-0.1, -0.05) is 6.92 Å². The Balaban J connectivity index is 2.61. The van der Waals surface area contributed by atoms with Crippen LogP contribution in [0, 0.1) is 5.82 Å². The van der Waals surface area contributed by atoms with E-state index in [2.05, 4.69) is 0 Å². The van der Waals surface area contributed by atoms with Crippen LogP contribution in [0.5, 0.6) is 5.75 Å². The van der Waals surface area contributed by atoms with Crippen molar-refractivity contribution in [2.24, 2.45) is 0 Å². The van der Waals surface area contributed by atoms with Crippen LogP contribution in [0.25, 0.3) is 0 Å². The molecule has 1 aliphatic heterocycles. The average Bonchev–Trinajstić information content (AvgIpc) is 2.35. The van der Waals surface area contributed by atoms with Gasteiger partial charge in [0, 0.05) is 6.07 Å². The number of amides is 1. The van der Waals surface area contributed by atoms with Gasteiger partial charge in [0.2, 0.25) is 0 Å². The number of carbonyl (C=O) groups excluding carboxylic acids is 1. The lowest BCUT2D eigenvalue weighted by atomic mass is 10.0. The lowest BCUT2D eigenvalue weighted by Gasteiger charge is -2.41. The van der Waals surface area contributed by atoms with Gasteiger partial charge in [-0.05, 0) is 32.4 Å². The van der Waals surface area contributed by atoms with Crippen molar-refractivity contribution in [1.82, 2.24) is 0 Å². The van der Waals surface area contributed by atoms with Crippen molar-refractivity contribution in [2.75, 3.05) is 4.90 Å². The van der Waals surface area contributed by atoms with Crippen LogP contribution in [-0.4, -0.2) is 28.6 Å². The summed E-state index contributed by atoms with van der Waals surface area (Å²) in [5, 5.41) is 9.28. The molecule has 0 saturated heterocycles. The van der Waals surface area contributed by atoms with Gasteiger partial charge in [0.15, 0.2) is 5.60 Å². The number of anilines is 1. The number of nitrogens with zero attached hydrogens (tertiary/aromatic N) is 1. The van der Waals surface area contributed by atoms with Gasteiger partial charge in [0.1, 0.15) is 17.6 Å². The van der Waals surface area contributed by atoms with Crippen LogP contribution < -0.4 is 9.64 Å². The molecule has 0 spiro atoms. The van der Waals surface area contributed by atoms with Gasteiger partial charge in [-0.25, -0.2) is 9.18 Å². The predicted octanol–water partition coefficient (Wildman–Crippen LogP) is 2.19. The highest BCUT2D eigenvalue weighted by atomic mass is 19.1. The van der Waals surface area contributed by atoms with Crippen molar-refractivity contribution < 1.29 is 23.8 Å². The highest BCUT2D eigenvalue weighted by Gasteiger charge is 2.45. The SMILES string of the molecule is CCC(C(=O)O)N1C(=O)C(C)(C)Oc2ccc(F)cc21. The maximum Gasteiger partial charge on any atom is 0.326 e. The molecular weight excluding hydrogens is 265 g/mol. The number of ether oxygens (including phenoxy) is 1. The maximum absolute atomic E-state index is 13.4. The molecule has 6 heteroatoms. The fourth-order valence-electron chi connectivity index (χ4n) is 2.26. The van der Waals surface area contributed by atoms with Crippen LogP contribution in [0.2, 0.25) is 0 Å². The van der Waals surface area contributed by atoms with Crippen molar-refractivity contribution in [3.05, 3.63) is 24.0 Å². The number of fused-ring (bicyclic) bond motifs is 1. The molecule has 1 unspecified atom stereocenters. The molecule has 108 valence electrons. The lowest BCUT2D eigenvalue weighted by Crippen LogP contribution is -2.57. The normalized spacial score (nSPS) is 18.2. The number of carboxylic acid groups (broad SMARTS) is 1. The minimum Gasteiger partial charge on any atom is -0.480 e. The van der Waals surface area contributed by atoms with E-state index in [4.69, 9.17) is 4.74 Å². The number of hydrogen-bond donors (Lipinski definition) is 1. The second-order valence-electron chi connectivity index (χ2n) is 5.16. The Hall–Kier alpha value is -2.11. The molecule has 1 aliphatic rings. The molecule has 1 amide bonds. The zero-order valence-electron chi connectivity index (χ0n) is 11.5. The first kappa shape index (κ1) is 14.3. The number of benzene rings is 1. The molecule has 2 rings (SSSR count). The molecule has 1 N–H and O–H groups in total. The fraction of sp³-hybridized carbons (Fsp3) is 0.429. The Morgan fingerprint density at radius 1 is 1.50 bits per heavy atom. The van der Waals surface area contributed by atoms with Crippen LogP contribution in [0.3, 0.4) is 0 Å². The van der Waals surface area contributed by atoms with Gasteiger partial charge in [-0.2, -0.15) is 0 Å². The molecule has 1 atom stereocenters. The highest BCUT2D eigenvalue weighted by Crippen LogP contribution is 2.39. The molecule has 0 saturated carbocycles. The molecule has 0 aromatic heterocycles. The van der Waals surface area contributed by atoms with Gasteiger partial charge in [0.25, 0.3) is 5.91 Å². The summed E-state index contributed by atoms with van der Waals surface area (Å²) in [5.41, 5.74) is -1.03. The third kappa shape index (κ3) is 2.21. The summed E-state index contributed by atoms with van der Waals surface area (Å²) in [6, 6.07) is 2.69. The highest BCUT2D eigenvalue weighted by molar-refractivity contribution is 6.06. The van der Waals surface area contributed by atoms with E-state index in [0.29, 0.717) is 5.75 Å². The molecule has 0 aliphatic carbocycles. The minimum atomic E-state index is -1.19. The van der Waals surface area contributed by atoms with Gasteiger partial charge in [0.05, 0.1) is 5.69 Å². The van der Waals surface area contributed by atoms with E-state index < -0.39 is 29.3 Å². The van der Waals surface area contributed by atoms with Crippen molar-refractivity contribution in [3.63, 3.8) is 0 Å². The molecule has 0 bridgehead atoms. The smallest absolute Gasteiger partial charge is 0.326 e. The van der Waals surface area contributed by atoms with E-state index in [0.717, 1.165) is 11.0 Å². The minimum absolute atomic E-state index is 0.156. The van der Waals surface area contributed by atoms with E-state index in [1.54, 1.807) is 20.8 Å². The summed E-state index contributed by atoms with van der Waals surface area (Å²) in [5.74, 6) is -1.88. The molecule has 20 heavy (non-hydrogen) atoms. The third-order valence-electron chi connectivity index (χ3n) is 3.26. The van der Waals surface area contributed by atoms with E-state index in [9.17, 15) is 19.1 Å². The zero-order chi connectivity index (χ0) is 15.1. The summed E-state index contributed by atoms with van der Waals surface area (Å²) in [4.78, 5) is 24.9. The largest absolute Gasteiger partial charge is 0.480 e. The molecule has 5 nitrogen and oxygen atoms in total. The topological polar surface area (TPSA) is 66.8 Å². The number of rotatable bonds is 3. The fourth-order valence-corrected chi connectivity index (χ4v) is 2.26. The van der Waals surface area contributed by atoms with Crippen molar-refractivity contribution in [1.29, 1.82) is 0 Å². The van der Waals surface area contributed by atoms with Crippen molar-refractivity contribution >= 4 is 17.6 Å². The Morgan fingerprint density at radius 2 is 2.15 bits per heavy atom. The summed E-state index contributed by atoms with van der Waals surface area (Å²) < 4.78 is 19.0. The first-order valence-electron chi connectivity index (χ1n) is 6.33.